The largest absolute Gasteiger partial charge is 0.393 e. The van der Waals surface area contributed by atoms with E-state index in [0.29, 0.717) is 19.2 Å². The first-order valence-corrected chi connectivity index (χ1v) is 9.80. The maximum absolute atomic E-state index is 9.65. The molecule has 5 heteroatoms. The van der Waals surface area contributed by atoms with Crippen LogP contribution >= 0.6 is 0 Å². The highest BCUT2D eigenvalue weighted by Gasteiger charge is 2.19. The van der Waals surface area contributed by atoms with Crippen molar-refractivity contribution in [1.82, 2.24) is 10.6 Å². The molecule has 0 aromatic heterocycles. The SMILES string of the molecule is CCNC(=NCc1cccc(COC(C)(C)C)c1)NC1CCC(O)CC1. The van der Waals surface area contributed by atoms with E-state index in [1.54, 1.807) is 0 Å². The van der Waals surface area contributed by atoms with E-state index in [9.17, 15) is 5.11 Å². The monoisotopic (exact) mass is 361 g/mol. The van der Waals surface area contributed by atoms with Crippen molar-refractivity contribution >= 4 is 5.96 Å². The molecule has 1 fully saturated rings. The Morgan fingerprint density at radius 1 is 1.19 bits per heavy atom. The van der Waals surface area contributed by atoms with Gasteiger partial charge < -0.3 is 20.5 Å². The molecule has 0 amide bonds. The van der Waals surface area contributed by atoms with Gasteiger partial charge in [-0.2, -0.15) is 0 Å². The minimum absolute atomic E-state index is 0.134. The summed E-state index contributed by atoms with van der Waals surface area (Å²) < 4.78 is 5.86. The number of guanidine groups is 1. The third-order valence-corrected chi connectivity index (χ3v) is 4.46. The van der Waals surface area contributed by atoms with Crippen LogP contribution in [0.4, 0.5) is 0 Å². The third kappa shape index (κ3) is 7.75. The summed E-state index contributed by atoms with van der Waals surface area (Å²) in [5.74, 6) is 0.852. The van der Waals surface area contributed by atoms with Gasteiger partial charge in [0, 0.05) is 12.6 Å². The summed E-state index contributed by atoms with van der Waals surface area (Å²) in [5, 5.41) is 16.5. The van der Waals surface area contributed by atoms with E-state index in [2.05, 4.69) is 62.6 Å². The van der Waals surface area contributed by atoms with Gasteiger partial charge in [-0.05, 0) is 64.5 Å². The van der Waals surface area contributed by atoms with Crippen molar-refractivity contribution in [2.24, 2.45) is 4.99 Å². The molecule has 0 unspecified atom stereocenters. The molecule has 0 saturated heterocycles. The highest BCUT2D eigenvalue weighted by molar-refractivity contribution is 5.80. The molecule has 0 aliphatic heterocycles. The molecule has 0 radical (unpaired) electrons. The van der Waals surface area contributed by atoms with Crippen LogP contribution in [-0.4, -0.2) is 35.4 Å². The van der Waals surface area contributed by atoms with Gasteiger partial charge in [0.15, 0.2) is 5.96 Å². The van der Waals surface area contributed by atoms with E-state index >= 15 is 0 Å². The van der Waals surface area contributed by atoms with Crippen molar-refractivity contribution < 1.29 is 9.84 Å². The van der Waals surface area contributed by atoms with Gasteiger partial charge in [0.05, 0.1) is 24.9 Å². The number of nitrogens with zero attached hydrogens (tertiary/aromatic N) is 1. The molecular weight excluding hydrogens is 326 g/mol. The molecule has 26 heavy (non-hydrogen) atoms. The molecular formula is C21H35N3O2. The highest BCUT2D eigenvalue weighted by atomic mass is 16.5. The van der Waals surface area contributed by atoms with Gasteiger partial charge in [-0.25, -0.2) is 4.99 Å². The lowest BCUT2D eigenvalue weighted by Gasteiger charge is -2.27. The fraction of sp³-hybridized carbons (Fsp3) is 0.667. The Kier molecular flexibility index (Phi) is 7.91. The molecule has 1 aliphatic rings. The van der Waals surface area contributed by atoms with Crippen LogP contribution in [0.2, 0.25) is 0 Å². The predicted molar refractivity (Wildman–Crippen MR) is 107 cm³/mol. The van der Waals surface area contributed by atoms with Crippen molar-refractivity contribution in [3.63, 3.8) is 0 Å². The molecule has 3 N–H and O–H groups in total. The lowest BCUT2D eigenvalue weighted by molar-refractivity contribution is -0.0149. The number of ether oxygens (including phenoxy) is 1. The lowest BCUT2D eigenvalue weighted by Crippen LogP contribution is -2.45. The Hall–Kier alpha value is -1.59. The number of hydrogen-bond acceptors (Lipinski definition) is 3. The zero-order chi connectivity index (χ0) is 19.0. The minimum atomic E-state index is -0.135. The summed E-state index contributed by atoms with van der Waals surface area (Å²) in [6.07, 6.45) is 3.58. The van der Waals surface area contributed by atoms with Crippen molar-refractivity contribution in [2.45, 2.75) is 84.3 Å². The standard InChI is InChI=1S/C21H35N3O2/c1-5-22-20(24-18-9-11-19(25)12-10-18)23-14-16-7-6-8-17(13-16)15-26-21(2,3)4/h6-8,13,18-19,25H,5,9-12,14-15H2,1-4H3,(H2,22,23,24). The molecule has 146 valence electrons. The normalized spacial score (nSPS) is 21.5. The molecule has 1 aliphatic carbocycles. The number of benzene rings is 1. The zero-order valence-electron chi connectivity index (χ0n) is 16.7. The molecule has 0 atom stereocenters. The molecule has 0 heterocycles. The third-order valence-electron chi connectivity index (χ3n) is 4.46. The first-order chi connectivity index (χ1) is 12.4. The maximum Gasteiger partial charge on any atom is 0.191 e. The van der Waals surface area contributed by atoms with E-state index in [1.165, 1.54) is 11.1 Å². The average Bonchev–Trinajstić information content (AvgIpc) is 2.60. The summed E-state index contributed by atoms with van der Waals surface area (Å²) in [6.45, 7) is 10.4. The summed E-state index contributed by atoms with van der Waals surface area (Å²) in [5.41, 5.74) is 2.22. The van der Waals surface area contributed by atoms with Crippen molar-refractivity contribution in [3.05, 3.63) is 35.4 Å². The van der Waals surface area contributed by atoms with E-state index in [-0.39, 0.29) is 11.7 Å². The quantitative estimate of drug-likeness (QED) is 0.537. The van der Waals surface area contributed by atoms with Crippen LogP contribution in [0, 0.1) is 0 Å². The lowest BCUT2D eigenvalue weighted by atomic mass is 9.93. The second-order valence-corrected chi connectivity index (χ2v) is 8.07. The van der Waals surface area contributed by atoms with Crippen LogP contribution in [-0.2, 0) is 17.9 Å². The highest BCUT2D eigenvalue weighted by Crippen LogP contribution is 2.18. The Bertz CT molecular complexity index is 573. The second kappa shape index (κ2) is 9.93. The van der Waals surface area contributed by atoms with E-state index in [0.717, 1.165) is 38.2 Å². The molecule has 1 saturated carbocycles. The fourth-order valence-electron chi connectivity index (χ4n) is 3.02. The zero-order valence-corrected chi connectivity index (χ0v) is 16.7. The maximum atomic E-state index is 9.65. The average molecular weight is 362 g/mol. The number of aliphatic imine (C=N–C) groups is 1. The molecule has 2 rings (SSSR count). The van der Waals surface area contributed by atoms with Gasteiger partial charge >= 0.3 is 0 Å². The molecule has 0 spiro atoms. The Labute approximate surface area is 158 Å². The number of hydrogen-bond donors (Lipinski definition) is 3. The van der Waals surface area contributed by atoms with Crippen molar-refractivity contribution in [2.75, 3.05) is 6.54 Å². The predicted octanol–water partition coefficient (Wildman–Crippen LogP) is 3.36. The topological polar surface area (TPSA) is 65.9 Å². The van der Waals surface area contributed by atoms with E-state index < -0.39 is 0 Å². The minimum Gasteiger partial charge on any atom is -0.393 e. The second-order valence-electron chi connectivity index (χ2n) is 8.07. The number of nitrogens with one attached hydrogen (secondary N) is 2. The number of rotatable bonds is 6. The van der Waals surface area contributed by atoms with Crippen LogP contribution < -0.4 is 10.6 Å². The summed E-state index contributed by atoms with van der Waals surface area (Å²) in [4.78, 5) is 4.74. The first-order valence-electron chi connectivity index (χ1n) is 9.80. The van der Waals surface area contributed by atoms with Gasteiger partial charge in [-0.3, -0.25) is 0 Å². The van der Waals surface area contributed by atoms with Crippen molar-refractivity contribution in [3.8, 4) is 0 Å². The van der Waals surface area contributed by atoms with E-state index in [1.807, 2.05) is 0 Å². The van der Waals surface area contributed by atoms with Gasteiger partial charge in [0.2, 0.25) is 0 Å². The first kappa shape index (κ1) is 20.7. The molecule has 5 nitrogen and oxygen atoms in total. The van der Waals surface area contributed by atoms with Crippen LogP contribution in [0.1, 0.15) is 64.5 Å². The van der Waals surface area contributed by atoms with E-state index in [4.69, 9.17) is 9.73 Å². The molecule has 1 aromatic carbocycles. The summed E-state index contributed by atoms with van der Waals surface area (Å²) in [7, 11) is 0. The van der Waals surface area contributed by atoms with Gasteiger partial charge in [0.1, 0.15) is 0 Å². The van der Waals surface area contributed by atoms with Gasteiger partial charge in [-0.1, -0.05) is 24.3 Å². The Morgan fingerprint density at radius 2 is 1.88 bits per heavy atom. The summed E-state index contributed by atoms with van der Waals surface area (Å²) in [6, 6.07) is 8.81. The molecule has 0 bridgehead atoms. The smallest absolute Gasteiger partial charge is 0.191 e. The molecule has 1 aromatic rings. The summed E-state index contributed by atoms with van der Waals surface area (Å²) >= 11 is 0. The number of aliphatic hydroxyl groups is 1. The van der Waals surface area contributed by atoms with Crippen LogP contribution in [0.3, 0.4) is 0 Å². The van der Waals surface area contributed by atoms with Gasteiger partial charge in [0.25, 0.3) is 0 Å². The fourth-order valence-corrected chi connectivity index (χ4v) is 3.02. The van der Waals surface area contributed by atoms with Crippen molar-refractivity contribution in [1.29, 1.82) is 0 Å². The Balaban J connectivity index is 1.93. The van der Waals surface area contributed by atoms with Crippen LogP contribution in [0.25, 0.3) is 0 Å². The van der Waals surface area contributed by atoms with Gasteiger partial charge in [-0.15, -0.1) is 0 Å². The van der Waals surface area contributed by atoms with Crippen LogP contribution in [0.5, 0.6) is 0 Å². The number of aliphatic hydroxyl groups excluding tert-OH is 1. The Morgan fingerprint density at radius 3 is 2.54 bits per heavy atom. The van der Waals surface area contributed by atoms with Crippen LogP contribution in [0.15, 0.2) is 29.3 Å².